The third-order valence-electron chi connectivity index (χ3n) is 6.02. The molecule has 2 aliphatic rings. The number of carboxylic acids is 1. The van der Waals surface area contributed by atoms with E-state index in [-0.39, 0.29) is 23.4 Å². The molecule has 2 aromatic carbocycles. The van der Waals surface area contributed by atoms with E-state index in [1.54, 1.807) is 48.4 Å². The average molecular weight is 479 g/mol. The summed E-state index contributed by atoms with van der Waals surface area (Å²) < 4.78 is 0. The van der Waals surface area contributed by atoms with Crippen LogP contribution in [-0.2, 0) is 4.79 Å². The molecular weight excluding hydrogens is 452 g/mol. The zero-order chi connectivity index (χ0) is 25.3. The van der Waals surface area contributed by atoms with E-state index in [1.807, 2.05) is 13.0 Å². The van der Waals surface area contributed by atoms with Gasteiger partial charge in [0, 0.05) is 17.5 Å². The molecule has 0 aromatic heterocycles. The van der Waals surface area contributed by atoms with Crippen LogP contribution in [0, 0.1) is 5.92 Å². The molecule has 0 spiro atoms. The van der Waals surface area contributed by atoms with Gasteiger partial charge in [0.05, 0.1) is 28.2 Å². The SMILES string of the molecule is CC1=NN(c2ccc(C(O)O)cc2)C(=O)C1=C/C=C/C1C(C)NN(c2ccc(C(=O)O)cc2)C1O. The highest BCUT2D eigenvalue weighted by molar-refractivity contribution is 6.29. The van der Waals surface area contributed by atoms with Crippen LogP contribution in [0.4, 0.5) is 11.4 Å². The summed E-state index contributed by atoms with van der Waals surface area (Å²) in [5, 5.41) is 45.5. The van der Waals surface area contributed by atoms with Crippen molar-refractivity contribution in [3.8, 4) is 0 Å². The van der Waals surface area contributed by atoms with Gasteiger partial charge in [-0.3, -0.25) is 9.80 Å². The van der Waals surface area contributed by atoms with Crippen LogP contribution in [-0.4, -0.2) is 50.3 Å². The third-order valence-corrected chi connectivity index (χ3v) is 6.02. The van der Waals surface area contributed by atoms with E-state index in [4.69, 9.17) is 5.11 Å². The van der Waals surface area contributed by atoms with Gasteiger partial charge in [0.1, 0.15) is 6.23 Å². The van der Waals surface area contributed by atoms with Gasteiger partial charge < -0.3 is 20.4 Å². The number of hydrazone groups is 1. The van der Waals surface area contributed by atoms with Crippen LogP contribution >= 0.6 is 0 Å². The number of carbonyl (C=O) groups is 2. The predicted octanol–water partition coefficient (Wildman–Crippen LogP) is 1.92. The Morgan fingerprint density at radius 2 is 1.71 bits per heavy atom. The number of nitrogens with one attached hydrogen (secondary N) is 1. The van der Waals surface area contributed by atoms with E-state index in [2.05, 4.69) is 10.5 Å². The summed E-state index contributed by atoms with van der Waals surface area (Å²) in [5.74, 6) is -1.63. The summed E-state index contributed by atoms with van der Waals surface area (Å²) >= 11 is 0. The first-order valence-corrected chi connectivity index (χ1v) is 11.0. The number of rotatable bonds is 6. The van der Waals surface area contributed by atoms with E-state index in [9.17, 15) is 24.9 Å². The number of amides is 1. The Balaban J connectivity index is 1.46. The van der Waals surface area contributed by atoms with Gasteiger partial charge in [-0.05, 0) is 56.3 Å². The molecule has 10 heteroatoms. The molecule has 3 atom stereocenters. The Hall–Kier alpha value is -3.83. The van der Waals surface area contributed by atoms with Crippen molar-refractivity contribution in [2.45, 2.75) is 32.4 Å². The highest BCUT2D eigenvalue weighted by Gasteiger charge is 2.37. The fraction of sp³-hybridized carbons (Fsp3) is 0.240. The molecule has 2 aromatic rings. The smallest absolute Gasteiger partial charge is 0.335 e. The van der Waals surface area contributed by atoms with Crippen molar-refractivity contribution in [3.63, 3.8) is 0 Å². The number of anilines is 2. The van der Waals surface area contributed by atoms with Gasteiger partial charge in [0.15, 0.2) is 6.29 Å². The van der Waals surface area contributed by atoms with Gasteiger partial charge in [-0.1, -0.05) is 24.3 Å². The third kappa shape index (κ3) is 4.86. The first-order chi connectivity index (χ1) is 16.7. The van der Waals surface area contributed by atoms with Crippen LogP contribution in [0.5, 0.6) is 0 Å². The monoisotopic (exact) mass is 478 g/mol. The van der Waals surface area contributed by atoms with E-state index >= 15 is 0 Å². The number of hydrazine groups is 1. The number of allylic oxidation sites excluding steroid dienone is 2. The Morgan fingerprint density at radius 3 is 2.31 bits per heavy atom. The number of hydrogen-bond acceptors (Lipinski definition) is 8. The quantitative estimate of drug-likeness (QED) is 0.313. The van der Waals surface area contributed by atoms with Gasteiger partial charge in [-0.25, -0.2) is 10.2 Å². The lowest BCUT2D eigenvalue weighted by Gasteiger charge is -2.23. The van der Waals surface area contributed by atoms with Crippen LogP contribution < -0.4 is 15.4 Å². The maximum atomic E-state index is 12.9. The number of benzene rings is 2. The molecule has 1 saturated heterocycles. The highest BCUT2D eigenvalue weighted by Crippen LogP contribution is 2.28. The molecule has 1 fully saturated rings. The first kappa shape index (κ1) is 24.3. The molecule has 2 aliphatic heterocycles. The van der Waals surface area contributed by atoms with E-state index in [0.717, 1.165) is 0 Å². The molecule has 182 valence electrons. The number of carbonyl (C=O) groups excluding carboxylic acids is 1. The molecule has 1 amide bonds. The molecular formula is C25H26N4O6. The molecule has 0 aliphatic carbocycles. The summed E-state index contributed by atoms with van der Waals surface area (Å²) in [5.41, 5.74) is 5.72. The van der Waals surface area contributed by atoms with Crippen LogP contribution in [0.2, 0.25) is 0 Å². The minimum absolute atomic E-state index is 0.121. The van der Waals surface area contributed by atoms with Gasteiger partial charge in [-0.2, -0.15) is 10.1 Å². The van der Waals surface area contributed by atoms with Gasteiger partial charge in [0.2, 0.25) is 0 Å². The lowest BCUT2D eigenvalue weighted by Crippen LogP contribution is -2.39. The van der Waals surface area contributed by atoms with Crippen molar-refractivity contribution < 1.29 is 30.0 Å². The molecule has 10 nitrogen and oxygen atoms in total. The minimum atomic E-state index is -1.59. The molecule has 0 saturated carbocycles. The van der Waals surface area contributed by atoms with Crippen LogP contribution in [0.1, 0.15) is 36.1 Å². The zero-order valence-electron chi connectivity index (χ0n) is 19.1. The normalized spacial score (nSPS) is 23.7. The van der Waals surface area contributed by atoms with Crippen LogP contribution in [0.3, 0.4) is 0 Å². The number of aliphatic hydroxyl groups excluding tert-OH is 2. The fourth-order valence-electron chi connectivity index (χ4n) is 4.02. The van der Waals surface area contributed by atoms with Crippen LogP contribution in [0.15, 0.2) is 77.4 Å². The summed E-state index contributed by atoms with van der Waals surface area (Å²) in [7, 11) is 0. The van der Waals surface area contributed by atoms with Gasteiger partial charge in [0.25, 0.3) is 5.91 Å². The Labute approximate surface area is 201 Å². The number of nitrogens with zero attached hydrogens (tertiary/aromatic N) is 3. The lowest BCUT2D eigenvalue weighted by atomic mass is 10.0. The van der Waals surface area contributed by atoms with Crippen molar-refractivity contribution in [1.29, 1.82) is 0 Å². The molecule has 2 heterocycles. The first-order valence-electron chi connectivity index (χ1n) is 11.0. The van der Waals surface area contributed by atoms with Crippen molar-refractivity contribution in [2.24, 2.45) is 11.0 Å². The highest BCUT2D eigenvalue weighted by atomic mass is 16.5. The Kier molecular flexibility index (Phi) is 6.81. The van der Waals surface area contributed by atoms with Crippen molar-refractivity contribution in [1.82, 2.24) is 5.43 Å². The molecule has 0 bridgehead atoms. The second-order valence-electron chi connectivity index (χ2n) is 8.36. The minimum Gasteiger partial charge on any atom is -0.478 e. The number of aliphatic hydroxyl groups is 3. The van der Waals surface area contributed by atoms with E-state index in [1.165, 1.54) is 29.3 Å². The maximum absolute atomic E-state index is 12.9. The van der Waals surface area contributed by atoms with Gasteiger partial charge in [-0.15, -0.1) is 0 Å². The van der Waals surface area contributed by atoms with Crippen molar-refractivity contribution in [3.05, 3.63) is 83.5 Å². The molecule has 4 rings (SSSR count). The standard InChI is InChI=1S/C25H26N4O6/c1-14-20(22(30)28(26-14)18-10-6-16(7-11-18)24(32)33)4-3-5-21-15(2)27-29(23(21)31)19-12-8-17(9-13-19)25(34)35/h3-14,20,22,25-26,30,34-35H,1-2H3,(H,32,33)/b4-3+,21-5?. The maximum Gasteiger partial charge on any atom is 0.335 e. The van der Waals surface area contributed by atoms with Gasteiger partial charge >= 0.3 is 5.97 Å². The molecule has 3 unspecified atom stereocenters. The van der Waals surface area contributed by atoms with Crippen molar-refractivity contribution in [2.75, 3.05) is 10.0 Å². The largest absolute Gasteiger partial charge is 0.478 e. The molecule has 35 heavy (non-hydrogen) atoms. The number of carboxylic acid groups (broad SMARTS) is 1. The lowest BCUT2D eigenvalue weighted by molar-refractivity contribution is -0.114. The molecule has 0 radical (unpaired) electrons. The topological polar surface area (TPSA) is 146 Å². The number of hydrogen-bond donors (Lipinski definition) is 5. The van der Waals surface area contributed by atoms with E-state index in [0.29, 0.717) is 28.2 Å². The van der Waals surface area contributed by atoms with E-state index < -0.39 is 18.5 Å². The Bertz CT molecular complexity index is 1200. The fourth-order valence-corrected chi connectivity index (χ4v) is 4.02. The average Bonchev–Trinajstić information content (AvgIpc) is 3.28. The van der Waals surface area contributed by atoms with Crippen molar-refractivity contribution >= 4 is 29.0 Å². The molecule has 5 N–H and O–H groups in total. The van der Waals surface area contributed by atoms with Crippen LogP contribution in [0.25, 0.3) is 0 Å². The summed E-state index contributed by atoms with van der Waals surface area (Å²) in [4.78, 5) is 24.0. The number of aromatic carboxylic acids is 1. The second kappa shape index (κ2) is 9.80. The second-order valence-corrected chi connectivity index (χ2v) is 8.36. The summed E-state index contributed by atoms with van der Waals surface area (Å²) in [6.45, 7) is 3.64. The zero-order valence-corrected chi connectivity index (χ0v) is 19.1. The summed E-state index contributed by atoms with van der Waals surface area (Å²) in [6, 6.07) is 12.3. The predicted molar refractivity (Wildman–Crippen MR) is 129 cm³/mol. The Morgan fingerprint density at radius 1 is 1.09 bits per heavy atom. The summed E-state index contributed by atoms with van der Waals surface area (Å²) in [6.07, 6.45) is 2.68.